The molecule has 0 spiro atoms. The highest BCUT2D eigenvalue weighted by atomic mass is 16.6. The average molecular weight is 471 g/mol. The Morgan fingerprint density at radius 3 is 2.34 bits per heavy atom. The SMILES string of the molecule is CCOCc1ccccc1CNC(=O)Cc1cn(-c2ccccc2)nc1-c1ccc([N+](=O)[O-])cc1. The van der Waals surface area contributed by atoms with Gasteiger partial charge in [-0.3, -0.25) is 14.9 Å². The second-order valence-corrected chi connectivity index (χ2v) is 7.95. The van der Waals surface area contributed by atoms with Crippen molar-refractivity contribution in [3.05, 3.63) is 112 Å². The standard InChI is InChI=1S/C27H26N4O4/c1-2-35-19-22-9-7-6-8-21(22)17-28-26(32)16-23-18-30(24-10-4-3-5-11-24)29-27(23)20-12-14-25(15-13-20)31(33)34/h3-15,18H,2,16-17,19H2,1H3,(H,28,32). The molecule has 8 heteroatoms. The average Bonchev–Trinajstić information content (AvgIpc) is 3.31. The summed E-state index contributed by atoms with van der Waals surface area (Å²) < 4.78 is 7.25. The summed E-state index contributed by atoms with van der Waals surface area (Å²) in [7, 11) is 0. The molecule has 0 bridgehead atoms. The summed E-state index contributed by atoms with van der Waals surface area (Å²) in [5, 5.41) is 18.7. The zero-order valence-corrected chi connectivity index (χ0v) is 19.4. The Morgan fingerprint density at radius 1 is 0.971 bits per heavy atom. The van der Waals surface area contributed by atoms with E-state index in [0.717, 1.165) is 22.4 Å². The number of nitro groups is 1. The number of nitro benzene ring substituents is 1. The molecule has 1 aromatic heterocycles. The number of hydrogen-bond acceptors (Lipinski definition) is 5. The fourth-order valence-electron chi connectivity index (χ4n) is 3.75. The van der Waals surface area contributed by atoms with Crippen LogP contribution in [0.2, 0.25) is 0 Å². The van der Waals surface area contributed by atoms with Crippen molar-refractivity contribution < 1.29 is 14.5 Å². The van der Waals surface area contributed by atoms with E-state index in [0.29, 0.717) is 31.0 Å². The van der Waals surface area contributed by atoms with E-state index in [1.165, 1.54) is 12.1 Å². The van der Waals surface area contributed by atoms with Gasteiger partial charge in [0.2, 0.25) is 5.91 Å². The van der Waals surface area contributed by atoms with Crippen LogP contribution in [-0.4, -0.2) is 27.2 Å². The Morgan fingerprint density at radius 2 is 1.66 bits per heavy atom. The molecule has 1 heterocycles. The van der Waals surface area contributed by atoms with Gasteiger partial charge in [0.25, 0.3) is 5.69 Å². The first kappa shape index (κ1) is 23.8. The van der Waals surface area contributed by atoms with Gasteiger partial charge in [-0.25, -0.2) is 4.68 Å². The summed E-state index contributed by atoms with van der Waals surface area (Å²) in [5.74, 6) is -0.146. The lowest BCUT2D eigenvalue weighted by atomic mass is 10.0. The first-order valence-electron chi connectivity index (χ1n) is 11.3. The summed E-state index contributed by atoms with van der Waals surface area (Å²) in [6.07, 6.45) is 1.95. The fraction of sp³-hybridized carbons (Fsp3) is 0.185. The van der Waals surface area contributed by atoms with Crippen molar-refractivity contribution >= 4 is 11.6 Å². The number of rotatable bonds is 10. The first-order valence-corrected chi connectivity index (χ1v) is 11.3. The summed E-state index contributed by atoms with van der Waals surface area (Å²) in [4.78, 5) is 23.5. The Bertz CT molecular complexity index is 1300. The maximum Gasteiger partial charge on any atom is 0.269 e. The van der Waals surface area contributed by atoms with Gasteiger partial charge in [0.1, 0.15) is 0 Å². The van der Waals surface area contributed by atoms with E-state index in [1.807, 2.05) is 67.7 Å². The highest BCUT2D eigenvalue weighted by Crippen LogP contribution is 2.26. The van der Waals surface area contributed by atoms with Crippen molar-refractivity contribution in [2.24, 2.45) is 0 Å². The van der Waals surface area contributed by atoms with E-state index in [1.54, 1.807) is 16.8 Å². The number of non-ortho nitro benzene ring substituents is 1. The van der Waals surface area contributed by atoms with Gasteiger partial charge in [-0.1, -0.05) is 42.5 Å². The largest absolute Gasteiger partial charge is 0.377 e. The van der Waals surface area contributed by atoms with Crippen LogP contribution in [0, 0.1) is 10.1 Å². The lowest BCUT2D eigenvalue weighted by molar-refractivity contribution is -0.384. The van der Waals surface area contributed by atoms with Crippen molar-refractivity contribution in [2.45, 2.75) is 26.5 Å². The first-order chi connectivity index (χ1) is 17.0. The van der Waals surface area contributed by atoms with E-state index in [-0.39, 0.29) is 18.0 Å². The van der Waals surface area contributed by atoms with Gasteiger partial charge in [0.15, 0.2) is 0 Å². The third kappa shape index (κ3) is 5.99. The predicted octanol–water partition coefficient (Wildman–Crippen LogP) is 4.84. The number of carbonyl (C=O) groups is 1. The van der Waals surface area contributed by atoms with E-state index < -0.39 is 4.92 Å². The Hall–Kier alpha value is -4.30. The lowest BCUT2D eigenvalue weighted by Gasteiger charge is -2.11. The second kappa shape index (κ2) is 11.2. The minimum atomic E-state index is -0.440. The summed E-state index contributed by atoms with van der Waals surface area (Å²) >= 11 is 0. The van der Waals surface area contributed by atoms with Crippen LogP contribution in [0.3, 0.4) is 0 Å². The van der Waals surface area contributed by atoms with Gasteiger partial charge in [0.05, 0.1) is 29.3 Å². The van der Waals surface area contributed by atoms with Gasteiger partial charge >= 0.3 is 0 Å². The van der Waals surface area contributed by atoms with Crippen LogP contribution in [-0.2, 0) is 29.1 Å². The molecule has 0 unspecified atom stereocenters. The molecule has 0 atom stereocenters. The monoisotopic (exact) mass is 470 g/mol. The third-order valence-corrected chi connectivity index (χ3v) is 5.57. The fourth-order valence-corrected chi connectivity index (χ4v) is 3.75. The molecule has 0 aliphatic rings. The van der Waals surface area contributed by atoms with Crippen LogP contribution < -0.4 is 5.32 Å². The third-order valence-electron chi connectivity index (χ3n) is 5.57. The minimum Gasteiger partial charge on any atom is -0.377 e. The van der Waals surface area contributed by atoms with E-state index in [4.69, 9.17) is 9.84 Å². The highest BCUT2D eigenvalue weighted by Gasteiger charge is 2.17. The van der Waals surface area contributed by atoms with Crippen molar-refractivity contribution in [2.75, 3.05) is 6.61 Å². The molecule has 0 saturated carbocycles. The van der Waals surface area contributed by atoms with E-state index in [9.17, 15) is 14.9 Å². The molecule has 4 rings (SSSR count). The lowest BCUT2D eigenvalue weighted by Crippen LogP contribution is -2.25. The van der Waals surface area contributed by atoms with Gasteiger partial charge < -0.3 is 10.1 Å². The van der Waals surface area contributed by atoms with Gasteiger partial charge in [-0.05, 0) is 42.3 Å². The number of amides is 1. The van der Waals surface area contributed by atoms with Crippen molar-refractivity contribution in [1.82, 2.24) is 15.1 Å². The van der Waals surface area contributed by atoms with Gasteiger partial charge in [-0.2, -0.15) is 5.10 Å². The molecule has 8 nitrogen and oxygen atoms in total. The number of nitrogens with zero attached hydrogens (tertiary/aromatic N) is 3. The zero-order valence-electron chi connectivity index (χ0n) is 19.4. The van der Waals surface area contributed by atoms with Crippen LogP contribution in [0.5, 0.6) is 0 Å². The molecule has 3 aromatic carbocycles. The zero-order chi connectivity index (χ0) is 24.6. The Labute approximate surface area is 203 Å². The van der Waals surface area contributed by atoms with Crippen LogP contribution >= 0.6 is 0 Å². The second-order valence-electron chi connectivity index (χ2n) is 7.95. The van der Waals surface area contributed by atoms with Crippen LogP contribution in [0.4, 0.5) is 5.69 Å². The van der Waals surface area contributed by atoms with Crippen LogP contribution in [0.15, 0.2) is 85.1 Å². The van der Waals surface area contributed by atoms with Gasteiger partial charge in [-0.15, -0.1) is 0 Å². The summed E-state index contributed by atoms with van der Waals surface area (Å²) in [6, 6.07) is 23.6. The molecule has 4 aromatic rings. The topological polar surface area (TPSA) is 99.3 Å². The quantitative estimate of drug-likeness (QED) is 0.264. The molecule has 0 radical (unpaired) electrons. The molecule has 0 saturated heterocycles. The number of carbonyl (C=O) groups excluding carboxylic acids is 1. The molecule has 0 aliphatic heterocycles. The van der Waals surface area contributed by atoms with Crippen molar-refractivity contribution in [3.63, 3.8) is 0 Å². The van der Waals surface area contributed by atoms with E-state index in [2.05, 4.69) is 5.32 Å². The number of benzene rings is 3. The smallest absolute Gasteiger partial charge is 0.269 e. The molecule has 0 aliphatic carbocycles. The summed E-state index contributed by atoms with van der Waals surface area (Å²) in [5.41, 5.74) is 4.94. The highest BCUT2D eigenvalue weighted by molar-refractivity contribution is 5.81. The van der Waals surface area contributed by atoms with Crippen molar-refractivity contribution in [1.29, 1.82) is 0 Å². The summed E-state index contributed by atoms with van der Waals surface area (Å²) in [6.45, 7) is 3.46. The van der Waals surface area contributed by atoms with Gasteiger partial charge in [0, 0.05) is 42.6 Å². The number of para-hydroxylation sites is 1. The number of ether oxygens (including phenoxy) is 1. The maximum atomic E-state index is 12.9. The Kier molecular flexibility index (Phi) is 7.64. The molecular formula is C27H26N4O4. The minimum absolute atomic E-state index is 0.00116. The molecule has 1 N–H and O–H groups in total. The van der Waals surface area contributed by atoms with Crippen LogP contribution in [0.1, 0.15) is 23.6 Å². The Balaban J connectivity index is 1.56. The predicted molar refractivity (Wildman–Crippen MR) is 133 cm³/mol. The molecule has 178 valence electrons. The molecule has 35 heavy (non-hydrogen) atoms. The molecule has 1 amide bonds. The van der Waals surface area contributed by atoms with Crippen molar-refractivity contribution in [3.8, 4) is 16.9 Å². The molecule has 0 fully saturated rings. The number of aromatic nitrogens is 2. The van der Waals surface area contributed by atoms with Crippen LogP contribution in [0.25, 0.3) is 16.9 Å². The number of hydrogen-bond donors (Lipinski definition) is 1. The maximum absolute atomic E-state index is 12.9. The van der Waals surface area contributed by atoms with E-state index >= 15 is 0 Å². The normalized spacial score (nSPS) is 10.8. The molecular weight excluding hydrogens is 444 g/mol. The number of nitrogens with one attached hydrogen (secondary N) is 1.